The van der Waals surface area contributed by atoms with Gasteiger partial charge in [0, 0.05) is 5.56 Å². The zero-order chi connectivity index (χ0) is 18.4. The fourth-order valence-electron chi connectivity index (χ4n) is 1.80. The number of hydrogen-bond acceptors (Lipinski definition) is 3. The zero-order valence-corrected chi connectivity index (χ0v) is 13.0. The number of alkyl halides is 3. The summed E-state index contributed by atoms with van der Waals surface area (Å²) in [6.07, 6.45) is -2.17. The van der Waals surface area contributed by atoms with Crippen molar-refractivity contribution in [3.8, 4) is 5.75 Å². The maximum atomic E-state index is 13.7. The van der Waals surface area contributed by atoms with Crippen LogP contribution in [-0.4, -0.2) is 25.2 Å². The van der Waals surface area contributed by atoms with Gasteiger partial charge in [0.15, 0.2) is 24.0 Å². The van der Waals surface area contributed by atoms with Gasteiger partial charge in [0.25, 0.3) is 0 Å². The number of benzene rings is 2. The average Bonchev–Trinajstić information content (AvgIpc) is 2.51. The minimum absolute atomic E-state index is 0.00425. The summed E-state index contributed by atoms with van der Waals surface area (Å²) in [4.78, 5) is 0. The highest BCUT2D eigenvalue weighted by molar-refractivity contribution is 5.82. The summed E-state index contributed by atoms with van der Waals surface area (Å²) < 4.78 is 67.6. The molecule has 0 atom stereocenters. The predicted octanol–water partition coefficient (Wildman–Crippen LogP) is 4.67. The van der Waals surface area contributed by atoms with Crippen molar-refractivity contribution in [1.29, 1.82) is 0 Å². The molecule has 0 radical (unpaired) electrons. The molecular weight excluding hydrogens is 343 g/mol. The number of halogens is 5. The first-order valence-corrected chi connectivity index (χ1v) is 7.06. The van der Waals surface area contributed by atoms with Gasteiger partial charge < -0.3 is 4.74 Å². The van der Waals surface area contributed by atoms with Gasteiger partial charge in [0.2, 0.25) is 0 Å². The molecule has 0 fully saturated rings. The number of rotatable bonds is 5. The molecule has 0 aliphatic carbocycles. The zero-order valence-electron chi connectivity index (χ0n) is 13.0. The molecule has 2 aromatic carbocycles. The molecule has 0 amide bonds. The van der Waals surface area contributed by atoms with Crippen LogP contribution in [0, 0.1) is 18.6 Å². The molecule has 0 unspecified atom stereocenters. The van der Waals surface area contributed by atoms with Gasteiger partial charge >= 0.3 is 6.18 Å². The van der Waals surface area contributed by atoms with Gasteiger partial charge in [-0.15, -0.1) is 0 Å². The molecule has 0 spiro atoms. The van der Waals surface area contributed by atoms with Gasteiger partial charge in [0.1, 0.15) is 0 Å². The molecule has 0 bridgehead atoms. The summed E-state index contributed by atoms with van der Waals surface area (Å²) in [5, 5.41) is 7.38. The van der Waals surface area contributed by atoms with Crippen molar-refractivity contribution in [3.63, 3.8) is 0 Å². The van der Waals surface area contributed by atoms with Crippen LogP contribution in [-0.2, 0) is 0 Å². The summed E-state index contributed by atoms with van der Waals surface area (Å²) in [6, 6.07) is 9.02. The van der Waals surface area contributed by atoms with Gasteiger partial charge in [0.05, 0.1) is 12.4 Å². The Labute approximate surface area is 140 Å². The monoisotopic (exact) mass is 356 g/mol. The Morgan fingerprint density at radius 2 is 1.44 bits per heavy atom. The van der Waals surface area contributed by atoms with E-state index in [0.29, 0.717) is 0 Å². The maximum Gasteiger partial charge on any atom is 0.422 e. The van der Waals surface area contributed by atoms with Gasteiger partial charge in [-0.3, -0.25) is 0 Å². The van der Waals surface area contributed by atoms with Crippen LogP contribution in [0.3, 0.4) is 0 Å². The Hall–Kier alpha value is -2.77. The third-order valence-electron chi connectivity index (χ3n) is 2.96. The lowest BCUT2D eigenvalue weighted by Crippen LogP contribution is -2.20. The van der Waals surface area contributed by atoms with Gasteiger partial charge in [-0.25, -0.2) is 8.78 Å². The molecule has 0 aromatic heterocycles. The molecule has 2 rings (SSSR count). The third kappa shape index (κ3) is 5.98. The molecule has 0 aliphatic rings. The van der Waals surface area contributed by atoms with E-state index in [4.69, 9.17) is 0 Å². The van der Waals surface area contributed by atoms with E-state index in [1.54, 1.807) is 0 Å². The van der Waals surface area contributed by atoms with Crippen molar-refractivity contribution in [2.24, 2.45) is 10.2 Å². The molecule has 3 nitrogen and oxygen atoms in total. The SMILES string of the molecule is Cc1ccc(/C=N/N=C/c2cc(F)c(OCC(F)(F)F)c(F)c2)cc1. The topological polar surface area (TPSA) is 34.0 Å². The molecule has 0 saturated heterocycles. The molecule has 0 saturated carbocycles. The van der Waals surface area contributed by atoms with Crippen LogP contribution in [0.5, 0.6) is 5.75 Å². The van der Waals surface area contributed by atoms with Gasteiger partial charge in [-0.1, -0.05) is 29.8 Å². The van der Waals surface area contributed by atoms with Crippen molar-refractivity contribution in [2.75, 3.05) is 6.61 Å². The average molecular weight is 356 g/mol. The van der Waals surface area contributed by atoms with Crippen LogP contribution < -0.4 is 4.74 Å². The number of hydrogen-bond donors (Lipinski definition) is 0. The normalized spacial score (nSPS) is 12.2. The highest BCUT2D eigenvalue weighted by Gasteiger charge is 2.29. The predicted molar refractivity (Wildman–Crippen MR) is 84.3 cm³/mol. The lowest BCUT2D eigenvalue weighted by molar-refractivity contribution is -0.154. The lowest BCUT2D eigenvalue weighted by Gasteiger charge is -2.10. The van der Waals surface area contributed by atoms with E-state index < -0.39 is 30.2 Å². The lowest BCUT2D eigenvalue weighted by atomic mass is 10.2. The highest BCUT2D eigenvalue weighted by Crippen LogP contribution is 2.25. The van der Waals surface area contributed by atoms with Crippen molar-refractivity contribution in [1.82, 2.24) is 0 Å². The second-order valence-electron chi connectivity index (χ2n) is 5.12. The first-order valence-electron chi connectivity index (χ1n) is 7.06. The Morgan fingerprint density at radius 1 is 0.920 bits per heavy atom. The molecule has 2 aromatic rings. The molecule has 25 heavy (non-hydrogen) atoms. The molecule has 0 heterocycles. The van der Waals surface area contributed by atoms with Crippen molar-refractivity contribution in [2.45, 2.75) is 13.1 Å². The summed E-state index contributed by atoms with van der Waals surface area (Å²) in [6.45, 7) is 0.152. The Balaban J connectivity index is 2.06. The smallest absolute Gasteiger partial charge is 0.422 e. The summed E-state index contributed by atoms with van der Waals surface area (Å²) in [5.74, 6) is -3.60. The van der Waals surface area contributed by atoms with E-state index in [1.807, 2.05) is 31.2 Å². The molecule has 132 valence electrons. The van der Waals surface area contributed by atoms with Crippen LogP contribution >= 0.6 is 0 Å². The van der Waals surface area contributed by atoms with E-state index in [-0.39, 0.29) is 5.56 Å². The van der Waals surface area contributed by atoms with E-state index in [1.165, 1.54) is 6.21 Å². The first-order chi connectivity index (χ1) is 11.7. The minimum atomic E-state index is -4.69. The highest BCUT2D eigenvalue weighted by atomic mass is 19.4. The fourth-order valence-corrected chi connectivity index (χ4v) is 1.80. The number of aryl methyl sites for hydroxylation is 1. The molecular formula is C17H13F5N2O. The quantitative estimate of drug-likeness (QED) is 0.436. The van der Waals surface area contributed by atoms with E-state index >= 15 is 0 Å². The first kappa shape index (κ1) is 18.6. The Morgan fingerprint density at radius 3 is 1.96 bits per heavy atom. The Bertz CT molecular complexity index is 760. The summed E-state index contributed by atoms with van der Waals surface area (Å²) >= 11 is 0. The second-order valence-corrected chi connectivity index (χ2v) is 5.12. The summed E-state index contributed by atoms with van der Waals surface area (Å²) in [7, 11) is 0. The van der Waals surface area contributed by atoms with E-state index in [2.05, 4.69) is 14.9 Å². The number of nitrogens with zero attached hydrogens (tertiary/aromatic N) is 2. The largest absolute Gasteiger partial charge is 0.478 e. The van der Waals surface area contributed by atoms with Crippen LogP contribution in [0.15, 0.2) is 46.6 Å². The van der Waals surface area contributed by atoms with E-state index in [0.717, 1.165) is 29.5 Å². The van der Waals surface area contributed by atoms with Crippen LogP contribution in [0.4, 0.5) is 22.0 Å². The van der Waals surface area contributed by atoms with Crippen molar-refractivity contribution in [3.05, 3.63) is 64.7 Å². The standard InChI is InChI=1S/C17H13F5N2O/c1-11-2-4-12(5-3-11)8-23-24-9-13-6-14(18)16(15(19)7-13)25-10-17(20,21)22/h2-9H,10H2,1H3/b23-8+,24-9+. The molecule has 8 heteroatoms. The van der Waals surface area contributed by atoms with Crippen LogP contribution in [0.1, 0.15) is 16.7 Å². The van der Waals surface area contributed by atoms with Gasteiger partial charge in [-0.2, -0.15) is 23.4 Å². The Kier molecular flexibility index (Phi) is 5.84. The minimum Gasteiger partial charge on any atom is -0.478 e. The van der Waals surface area contributed by atoms with Crippen LogP contribution in [0.25, 0.3) is 0 Å². The molecule has 0 aliphatic heterocycles. The van der Waals surface area contributed by atoms with Crippen molar-refractivity contribution >= 4 is 12.4 Å². The fraction of sp³-hybridized carbons (Fsp3) is 0.176. The maximum absolute atomic E-state index is 13.7. The van der Waals surface area contributed by atoms with Crippen molar-refractivity contribution < 1.29 is 26.7 Å². The van der Waals surface area contributed by atoms with Gasteiger partial charge in [-0.05, 0) is 24.6 Å². The van der Waals surface area contributed by atoms with Crippen LogP contribution in [0.2, 0.25) is 0 Å². The summed E-state index contributed by atoms with van der Waals surface area (Å²) in [5.41, 5.74) is 1.87. The second kappa shape index (κ2) is 7.87. The number of ether oxygens (including phenoxy) is 1. The third-order valence-corrected chi connectivity index (χ3v) is 2.96. The van der Waals surface area contributed by atoms with E-state index in [9.17, 15) is 22.0 Å². The molecule has 0 N–H and O–H groups in total.